The van der Waals surface area contributed by atoms with Crippen LogP contribution in [0.4, 0.5) is 0 Å². The van der Waals surface area contributed by atoms with Gasteiger partial charge in [-0.25, -0.2) is 4.79 Å². The van der Waals surface area contributed by atoms with E-state index in [0.717, 1.165) is 51.1 Å². The van der Waals surface area contributed by atoms with Crippen LogP contribution < -0.4 is 9.47 Å². The molecule has 0 amide bonds. The van der Waals surface area contributed by atoms with Crippen molar-refractivity contribution in [2.75, 3.05) is 73.6 Å². The standard InChI is InChI=1S/C38H57NO9/c1-34(2,3)35(4,41)28-22-36-11-12-38(28,43-6)33-37(36)13-14-39(23-25-7-8-25)29(36)21-26-9-10-27(32(48-33)31(26)37)47-30(40)24-46-20-19-45-18-17-44-16-15-42-5/h9-10,25,28-29,33,41H,7-8,11-24H2,1-6H3/t28-,29-,33-,35+,36-,37+,38-/m1/s1. The highest BCUT2D eigenvalue weighted by atomic mass is 16.6. The number of aliphatic hydroxyl groups is 1. The molecular formula is C38H57NO9. The molecule has 268 valence electrons. The highest BCUT2D eigenvalue weighted by molar-refractivity contribution is 5.76. The molecule has 1 saturated heterocycles. The molecule has 7 atom stereocenters. The van der Waals surface area contributed by atoms with Crippen LogP contribution >= 0.6 is 0 Å². The Balaban J connectivity index is 1.14. The van der Waals surface area contributed by atoms with Crippen LogP contribution in [-0.4, -0.2) is 113 Å². The van der Waals surface area contributed by atoms with E-state index >= 15 is 0 Å². The van der Waals surface area contributed by atoms with Gasteiger partial charge >= 0.3 is 5.97 Å². The first-order valence-electron chi connectivity index (χ1n) is 18.2. The van der Waals surface area contributed by atoms with Crippen molar-refractivity contribution >= 4 is 5.97 Å². The number of fused-ring (bicyclic) bond motifs is 2. The number of esters is 1. The van der Waals surface area contributed by atoms with E-state index in [1.807, 2.05) is 20.1 Å². The van der Waals surface area contributed by atoms with Crippen LogP contribution in [0, 0.1) is 22.7 Å². The van der Waals surface area contributed by atoms with E-state index in [2.05, 4.69) is 31.7 Å². The summed E-state index contributed by atoms with van der Waals surface area (Å²) in [6, 6.07) is 4.46. The van der Waals surface area contributed by atoms with Crippen molar-refractivity contribution in [1.29, 1.82) is 0 Å². The summed E-state index contributed by atoms with van der Waals surface area (Å²) in [5, 5.41) is 12.5. The maximum atomic E-state index is 13.1. The molecule has 5 fully saturated rings. The number of methoxy groups -OCH3 is 2. The van der Waals surface area contributed by atoms with Gasteiger partial charge in [-0.15, -0.1) is 0 Å². The summed E-state index contributed by atoms with van der Waals surface area (Å²) in [7, 11) is 3.45. The molecule has 8 rings (SSSR count). The maximum absolute atomic E-state index is 13.1. The van der Waals surface area contributed by atoms with Gasteiger partial charge in [-0.3, -0.25) is 4.90 Å². The molecule has 2 spiro atoms. The zero-order valence-corrected chi connectivity index (χ0v) is 29.9. The Bertz CT molecular complexity index is 1360. The molecule has 48 heavy (non-hydrogen) atoms. The fourth-order valence-electron chi connectivity index (χ4n) is 10.5. The van der Waals surface area contributed by atoms with Gasteiger partial charge in [-0.1, -0.05) is 26.8 Å². The molecule has 2 heterocycles. The van der Waals surface area contributed by atoms with E-state index in [-0.39, 0.29) is 41.5 Å². The minimum absolute atomic E-state index is 0.0657. The molecule has 10 nitrogen and oxygen atoms in total. The Kier molecular flexibility index (Phi) is 9.21. The molecule has 1 aromatic rings. The molecule has 4 saturated carbocycles. The lowest BCUT2D eigenvalue weighted by atomic mass is 9.33. The zero-order valence-electron chi connectivity index (χ0n) is 29.9. The van der Waals surface area contributed by atoms with E-state index in [9.17, 15) is 9.90 Å². The smallest absolute Gasteiger partial charge is 0.337 e. The Hall–Kier alpha value is -1.79. The van der Waals surface area contributed by atoms with Crippen molar-refractivity contribution in [3.8, 4) is 11.5 Å². The zero-order chi connectivity index (χ0) is 34.0. The summed E-state index contributed by atoms with van der Waals surface area (Å²) in [6.45, 7) is 13.1. The summed E-state index contributed by atoms with van der Waals surface area (Å²) in [4.78, 5) is 15.9. The Labute approximate surface area is 286 Å². The van der Waals surface area contributed by atoms with E-state index in [0.29, 0.717) is 50.6 Å². The van der Waals surface area contributed by atoms with Crippen LogP contribution in [0.3, 0.4) is 0 Å². The number of carbonyl (C=O) groups excluding carboxylic acids is 1. The van der Waals surface area contributed by atoms with Crippen molar-refractivity contribution in [2.45, 2.75) is 101 Å². The number of ether oxygens (including phenoxy) is 7. The summed E-state index contributed by atoms with van der Waals surface area (Å²) in [6.07, 6.45) is 7.10. The monoisotopic (exact) mass is 671 g/mol. The minimum atomic E-state index is -0.987. The molecule has 0 aromatic heterocycles. The lowest BCUT2D eigenvalue weighted by Gasteiger charge is -2.75. The molecule has 4 bridgehead atoms. The number of hydrogen-bond acceptors (Lipinski definition) is 10. The number of likely N-dealkylation sites (tertiary alicyclic amines) is 1. The molecule has 10 heteroatoms. The van der Waals surface area contributed by atoms with Crippen molar-refractivity contribution in [3.05, 3.63) is 23.3 Å². The van der Waals surface area contributed by atoms with Crippen LogP contribution in [0.25, 0.3) is 0 Å². The van der Waals surface area contributed by atoms with Gasteiger partial charge in [0.05, 0.1) is 45.2 Å². The topological polar surface area (TPSA) is 105 Å². The fourth-order valence-corrected chi connectivity index (χ4v) is 10.5. The van der Waals surface area contributed by atoms with Crippen LogP contribution in [-0.2, 0) is 40.3 Å². The van der Waals surface area contributed by atoms with E-state index < -0.39 is 17.2 Å². The molecule has 0 radical (unpaired) electrons. The third-order valence-corrected chi connectivity index (χ3v) is 13.5. The lowest BCUT2D eigenvalue weighted by Crippen LogP contribution is -2.83. The molecule has 0 unspecified atom stereocenters. The predicted octanol–water partition coefficient (Wildman–Crippen LogP) is 4.31. The summed E-state index contributed by atoms with van der Waals surface area (Å²) in [5.74, 6) is 1.37. The third kappa shape index (κ3) is 5.27. The Morgan fingerprint density at radius 2 is 1.69 bits per heavy atom. The van der Waals surface area contributed by atoms with Crippen LogP contribution in [0.2, 0.25) is 0 Å². The van der Waals surface area contributed by atoms with E-state index in [1.54, 1.807) is 7.11 Å². The van der Waals surface area contributed by atoms with Gasteiger partial charge in [0, 0.05) is 49.1 Å². The van der Waals surface area contributed by atoms with E-state index in [1.165, 1.54) is 24.0 Å². The van der Waals surface area contributed by atoms with E-state index in [4.69, 9.17) is 33.2 Å². The maximum Gasteiger partial charge on any atom is 0.337 e. The number of nitrogens with zero attached hydrogens (tertiary/aromatic N) is 1. The third-order valence-electron chi connectivity index (χ3n) is 13.5. The van der Waals surface area contributed by atoms with Crippen molar-refractivity contribution in [1.82, 2.24) is 4.90 Å². The molecule has 1 N–H and O–H groups in total. The first-order chi connectivity index (χ1) is 22.9. The van der Waals surface area contributed by atoms with Crippen molar-refractivity contribution < 1.29 is 43.1 Å². The second-order valence-corrected chi connectivity index (χ2v) is 16.5. The lowest BCUT2D eigenvalue weighted by molar-refractivity contribution is -0.312. The number of rotatable bonds is 16. The highest BCUT2D eigenvalue weighted by Gasteiger charge is 2.82. The van der Waals surface area contributed by atoms with Crippen molar-refractivity contribution in [2.24, 2.45) is 22.7 Å². The predicted molar refractivity (Wildman–Crippen MR) is 179 cm³/mol. The first-order valence-corrected chi connectivity index (χ1v) is 18.2. The Morgan fingerprint density at radius 3 is 2.35 bits per heavy atom. The molecule has 2 aliphatic heterocycles. The number of benzene rings is 1. The average molecular weight is 672 g/mol. The average Bonchev–Trinajstić information content (AvgIpc) is 3.80. The summed E-state index contributed by atoms with van der Waals surface area (Å²) in [5.41, 5.74) is 0.196. The van der Waals surface area contributed by atoms with Gasteiger partial charge in [0.1, 0.15) is 18.3 Å². The van der Waals surface area contributed by atoms with Gasteiger partial charge < -0.3 is 38.3 Å². The largest absolute Gasteiger partial charge is 0.482 e. The van der Waals surface area contributed by atoms with Gasteiger partial charge in [0.25, 0.3) is 0 Å². The molecular weight excluding hydrogens is 614 g/mol. The van der Waals surface area contributed by atoms with Crippen LogP contribution in [0.15, 0.2) is 12.1 Å². The van der Waals surface area contributed by atoms with Crippen molar-refractivity contribution in [3.63, 3.8) is 0 Å². The van der Waals surface area contributed by atoms with Gasteiger partial charge in [-0.2, -0.15) is 0 Å². The summed E-state index contributed by atoms with van der Waals surface area (Å²) >= 11 is 0. The van der Waals surface area contributed by atoms with Crippen LogP contribution in [0.5, 0.6) is 11.5 Å². The second kappa shape index (κ2) is 12.8. The Morgan fingerprint density at radius 1 is 0.979 bits per heavy atom. The minimum Gasteiger partial charge on any atom is -0.482 e. The first kappa shape index (κ1) is 34.6. The summed E-state index contributed by atoms with van der Waals surface area (Å²) < 4.78 is 41.4. The highest BCUT2D eigenvalue weighted by Crippen LogP contribution is 2.78. The molecule has 7 aliphatic rings. The number of piperidine rings is 1. The fraction of sp³-hybridized carbons (Fsp3) is 0.816. The normalized spacial score (nSPS) is 34.4. The van der Waals surface area contributed by atoms with Crippen LogP contribution in [0.1, 0.15) is 77.3 Å². The molecule has 5 aliphatic carbocycles. The van der Waals surface area contributed by atoms with Gasteiger partial charge in [-0.05, 0) is 81.4 Å². The number of hydrogen-bond donors (Lipinski definition) is 1. The van der Waals surface area contributed by atoms with Gasteiger partial charge in [0.15, 0.2) is 11.5 Å². The molecule has 1 aromatic carbocycles. The SMILES string of the molecule is COCCOCCOCCOCC(=O)Oc1ccc2c3c1O[C@H]1[C@@]4(OC)CC[C@@]5(C[C@@H]4[C@](C)(O)C(C)(C)C)[C@@H](C2)N(CC2CC2)CC[C@]315. The second-order valence-electron chi connectivity index (χ2n) is 16.5. The van der Waals surface area contributed by atoms with Gasteiger partial charge in [0.2, 0.25) is 0 Å². The number of carbonyl (C=O) groups is 1. The quantitative estimate of drug-likeness (QED) is 0.155.